The Hall–Kier alpha value is -1.24. The number of ether oxygens (including phenoxy) is 1. The molecule has 0 fully saturated rings. The van der Waals surface area contributed by atoms with Crippen LogP contribution in [0.4, 0.5) is 52.7 Å². The summed E-state index contributed by atoms with van der Waals surface area (Å²) in [6, 6.07) is 3.40. The van der Waals surface area contributed by atoms with Gasteiger partial charge < -0.3 is 9.29 Å². The molecule has 0 N–H and O–H groups in total. The predicted octanol–water partition coefficient (Wildman–Crippen LogP) is 1.12. The summed E-state index contributed by atoms with van der Waals surface area (Å²) in [5.41, 5.74) is -0.721. The van der Waals surface area contributed by atoms with E-state index in [1.165, 1.54) is 0 Å². The molecule has 1 aromatic carbocycles. The van der Waals surface area contributed by atoms with Crippen LogP contribution in [0.2, 0.25) is 0 Å². The number of alkyl halides is 12. The fourth-order valence-electron chi connectivity index (χ4n) is 2.14. The van der Waals surface area contributed by atoms with Crippen LogP contribution < -0.4 is 29.6 Å². The number of hydrogen-bond acceptors (Lipinski definition) is 5. The zero-order chi connectivity index (χ0) is 26.3. The van der Waals surface area contributed by atoms with E-state index in [2.05, 4.69) is 4.74 Å². The van der Waals surface area contributed by atoms with Crippen LogP contribution in [0, 0.1) is 0 Å². The van der Waals surface area contributed by atoms with Gasteiger partial charge in [0, 0.05) is 0 Å². The largest absolute Gasteiger partial charge is 1.00 e. The van der Waals surface area contributed by atoms with Crippen LogP contribution in [0.15, 0.2) is 29.2 Å². The molecule has 0 saturated carbocycles. The van der Waals surface area contributed by atoms with Gasteiger partial charge in [-0.05, 0) is 11.6 Å². The average molecular weight is 552 g/mol. The van der Waals surface area contributed by atoms with Gasteiger partial charge in [0.1, 0.15) is 10.1 Å². The Kier molecular flexibility index (Phi) is 10.0. The number of halogens is 12. The number of carbonyl (C=O) groups is 1. The average Bonchev–Trinajstić information content (AvgIpc) is 2.65. The fourth-order valence-corrected chi connectivity index (χ4v) is 2.84. The van der Waals surface area contributed by atoms with Gasteiger partial charge in [0.2, 0.25) is 0 Å². The third-order valence-electron chi connectivity index (χ3n) is 3.93. The zero-order valence-corrected chi connectivity index (χ0v) is 19.1. The summed E-state index contributed by atoms with van der Waals surface area (Å²) in [5.74, 6) is -38.7. The second-order valence-corrected chi connectivity index (χ2v) is 7.60. The van der Waals surface area contributed by atoms with E-state index in [4.69, 9.17) is 0 Å². The SMILES string of the molecule is O=C(Cc1ccccc1S(=O)(=O)[O-])OCC(F)(F)C(F)(F)C(F)(F)C(F)(F)C(F)(F)C(F)F.[Na+]. The van der Waals surface area contributed by atoms with Crippen molar-refractivity contribution in [1.29, 1.82) is 0 Å². The fraction of sp³-hybridized carbons (Fsp3) is 0.533. The smallest absolute Gasteiger partial charge is 0.744 e. The van der Waals surface area contributed by atoms with Gasteiger partial charge in [-0.3, -0.25) is 4.79 Å². The summed E-state index contributed by atoms with van der Waals surface area (Å²) in [6.45, 7) is -3.14. The molecule has 0 heterocycles. The summed E-state index contributed by atoms with van der Waals surface area (Å²) in [5, 5.41) is 0. The van der Waals surface area contributed by atoms with E-state index in [1.54, 1.807) is 0 Å². The number of esters is 1. The molecule has 0 radical (unpaired) electrons. The van der Waals surface area contributed by atoms with E-state index >= 15 is 0 Å². The Morgan fingerprint density at radius 3 is 1.79 bits per heavy atom. The minimum absolute atomic E-state index is 0. The first-order valence-electron chi connectivity index (χ1n) is 7.90. The second kappa shape index (κ2) is 10.4. The third-order valence-corrected chi connectivity index (χ3v) is 4.87. The van der Waals surface area contributed by atoms with E-state index in [9.17, 15) is 70.5 Å². The maximum Gasteiger partial charge on any atom is 1.00 e. The predicted molar refractivity (Wildman–Crippen MR) is 79.8 cm³/mol. The van der Waals surface area contributed by atoms with Gasteiger partial charge in [-0.15, -0.1) is 0 Å². The molecule has 0 aliphatic rings. The maximum absolute atomic E-state index is 13.6. The number of rotatable bonds is 10. The van der Waals surface area contributed by atoms with Crippen LogP contribution in [-0.2, 0) is 26.1 Å². The van der Waals surface area contributed by atoms with Crippen molar-refractivity contribution in [3.05, 3.63) is 29.8 Å². The van der Waals surface area contributed by atoms with Crippen LogP contribution in [0.5, 0.6) is 0 Å². The summed E-state index contributed by atoms with van der Waals surface area (Å²) < 4.78 is 193. The van der Waals surface area contributed by atoms with Gasteiger partial charge >= 0.3 is 71.6 Å². The molecular weight excluding hydrogens is 543 g/mol. The Balaban J connectivity index is 0.0000109. The Bertz CT molecular complexity index is 984. The Morgan fingerprint density at radius 2 is 1.35 bits per heavy atom. The van der Waals surface area contributed by atoms with Crippen LogP contribution in [0.25, 0.3) is 0 Å². The minimum Gasteiger partial charge on any atom is -0.744 e. The van der Waals surface area contributed by atoms with Crippen molar-refractivity contribution in [2.75, 3.05) is 6.61 Å². The van der Waals surface area contributed by atoms with Crippen LogP contribution >= 0.6 is 0 Å². The van der Waals surface area contributed by atoms with Crippen LogP contribution in [0.1, 0.15) is 5.56 Å². The molecule has 1 rings (SSSR count). The number of hydrogen-bond donors (Lipinski definition) is 0. The van der Waals surface area contributed by atoms with E-state index in [1.807, 2.05) is 0 Å². The van der Waals surface area contributed by atoms with Crippen molar-refractivity contribution in [2.24, 2.45) is 0 Å². The second-order valence-electron chi connectivity index (χ2n) is 6.25. The molecular formula is C15H9F12NaO5S. The molecule has 0 bridgehead atoms. The van der Waals surface area contributed by atoms with E-state index in [-0.39, 0.29) is 29.6 Å². The molecule has 5 nitrogen and oxygen atoms in total. The molecule has 0 spiro atoms. The molecule has 0 aromatic heterocycles. The maximum atomic E-state index is 13.6. The van der Waals surface area contributed by atoms with Crippen LogP contribution in [-0.4, -0.2) is 61.6 Å². The normalized spacial score (nSPS) is 14.1. The van der Waals surface area contributed by atoms with Crippen molar-refractivity contribution in [3.63, 3.8) is 0 Å². The standard InChI is InChI=1S/C15H10F12O5S.Na/c16-10(17)12(20,21)14(24,25)15(26,27)13(22,23)11(18,19)6-32-9(28)5-7-3-1-2-4-8(7)33(29,30)31;/h1-4,10H,5-6H2,(H,29,30,31);/q;+1/p-1. The number of benzene rings is 1. The molecule has 0 atom stereocenters. The van der Waals surface area contributed by atoms with Gasteiger partial charge in [0.25, 0.3) is 0 Å². The van der Waals surface area contributed by atoms with E-state index in [0.717, 1.165) is 18.2 Å². The molecule has 0 aliphatic carbocycles. The first kappa shape index (κ1) is 32.8. The number of carbonyl (C=O) groups excluding carboxylic acids is 1. The first-order chi connectivity index (χ1) is 14.5. The van der Waals surface area contributed by atoms with Crippen molar-refractivity contribution >= 4 is 16.1 Å². The first-order valence-corrected chi connectivity index (χ1v) is 9.31. The molecule has 19 heteroatoms. The van der Waals surface area contributed by atoms with Crippen molar-refractivity contribution < 1.29 is 105 Å². The topological polar surface area (TPSA) is 83.5 Å². The van der Waals surface area contributed by atoms with Crippen molar-refractivity contribution in [3.8, 4) is 0 Å². The van der Waals surface area contributed by atoms with Gasteiger partial charge in [-0.2, -0.15) is 43.9 Å². The molecule has 0 unspecified atom stereocenters. The molecule has 0 amide bonds. The Morgan fingerprint density at radius 1 is 0.882 bits per heavy atom. The van der Waals surface area contributed by atoms with Gasteiger partial charge in [-0.1, -0.05) is 18.2 Å². The van der Waals surface area contributed by atoms with Crippen molar-refractivity contribution in [2.45, 2.75) is 47.4 Å². The third kappa shape index (κ3) is 5.93. The van der Waals surface area contributed by atoms with Gasteiger partial charge in [-0.25, -0.2) is 17.2 Å². The zero-order valence-electron chi connectivity index (χ0n) is 16.3. The molecule has 190 valence electrons. The molecule has 1 aromatic rings. The van der Waals surface area contributed by atoms with Crippen LogP contribution in [0.3, 0.4) is 0 Å². The minimum atomic E-state index is -7.78. The molecule has 34 heavy (non-hydrogen) atoms. The Labute approximate surface area is 204 Å². The summed E-state index contributed by atoms with van der Waals surface area (Å²) in [7, 11) is -5.24. The van der Waals surface area contributed by atoms with Gasteiger partial charge in [0.05, 0.1) is 11.3 Å². The molecule has 0 aliphatic heterocycles. The summed E-state index contributed by atoms with van der Waals surface area (Å²) in [4.78, 5) is 10.4. The summed E-state index contributed by atoms with van der Waals surface area (Å²) in [6.07, 6.45) is -7.05. The quantitative estimate of drug-likeness (QED) is 0.188. The monoisotopic (exact) mass is 552 g/mol. The van der Waals surface area contributed by atoms with Gasteiger partial charge in [0.15, 0.2) is 6.61 Å². The summed E-state index contributed by atoms with van der Waals surface area (Å²) >= 11 is 0. The van der Waals surface area contributed by atoms with E-state index in [0.29, 0.717) is 6.07 Å². The van der Waals surface area contributed by atoms with E-state index < -0.39 is 75.6 Å². The van der Waals surface area contributed by atoms with Crippen molar-refractivity contribution in [1.82, 2.24) is 0 Å². The molecule has 0 saturated heterocycles.